The summed E-state index contributed by atoms with van der Waals surface area (Å²) in [5.41, 5.74) is 0.995. The first kappa shape index (κ1) is 12.6. The van der Waals surface area contributed by atoms with Gasteiger partial charge in [0.2, 0.25) is 5.91 Å². The number of aryl methyl sites for hydroxylation is 1. The number of carboxylic acid groups (broad SMARTS) is 1. The van der Waals surface area contributed by atoms with E-state index in [-0.39, 0.29) is 11.5 Å². The predicted octanol–water partition coefficient (Wildman–Crippen LogP) is 1.84. The molecule has 1 saturated carbocycles. The van der Waals surface area contributed by atoms with Gasteiger partial charge in [0.25, 0.3) is 0 Å². The van der Waals surface area contributed by atoms with Gasteiger partial charge in [-0.1, -0.05) is 25.1 Å². The number of carbonyl (C=O) groups is 2. The van der Waals surface area contributed by atoms with Crippen LogP contribution in [-0.2, 0) is 11.2 Å². The summed E-state index contributed by atoms with van der Waals surface area (Å²) >= 11 is 0. The zero-order chi connectivity index (χ0) is 13.1. The van der Waals surface area contributed by atoms with Gasteiger partial charge in [0.15, 0.2) is 0 Å². The summed E-state index contributed by atoms with van der Waals surface area (Å²) in [7, 11) is 0. The second-order valence-corrected chi connectivity index (χ2v) is 4.85. The van der Waals surface area contributed by atoms with Crippen molar-refractivity contribution in [1.82, 2.24) is 5.32 Å². The van der Waals surface area contributed by atoms with Crippen LogP contribution in [0.15, 0.2) is 24.3 Å². The molecule has 2 atom stereocenters. The van der Waals surface area contributed by atoms with E-state index in [1.807, 2.05) is 0 Å². The van der Waals surface area contributed by atoms with Crippen LogP contribution in [0.4, 0.5) is 0 Å². The van der Waals surface area contributed by atoms with Gasteiger partial charge in [-0.2, -0.15) is 0 Å². The van der Waals surface area contributed by atoms with E-state index in [1.165, 1.54) is 0 Å². The first-order chi connectivity index (χ1) is 8.58. The van der Waals surface area contributed by atoms with Crippen molar-refractivity contribution in [3.8, 4) is 0 Å². The minimum absolute atomic E-state index is 0.00421. The Morgan fingerprint density at radius 3 is 2.67 bits per heavy atom. The van der Waals surface area contributed by atoms with E-state index in [0.29, 0.717) is 30.4 Å². The number of benzene rings is 1. The molecule has 0 radical (unpaired) electrons. The van der Waals surface area contributed by atoms with Crippen molar-refractivity contribution in [2.75, 3.05) is 0 Å². The van der Waals surface area contributed by atoms with Gasteiger partial charge >= 0.3 is 5.97 Å². The molecule has 1 fully saturated rings. The fraction of sp³-hybridized carbons (Fsp3) is 0.429. The maximum atomic E-state index is 11.6. The second-order valence-electron chi connectivity index (χ2n) is 4.85. The summed E-state index contributed by atoms with van der Waals surface area (Å²) < 4.78 is 0. The molecule has 0 bridgehead atoms. The van der Waals surface area contributed by atoms with E-state index in [2.05, 4.69) is 12.2 Å². The molecule has 0 saturated heterocycles. The molecule has 4 nitrogen and oxygen atoms in total. The number of hydrogen-bond donors (Lipinski definition) is 2. The molecule has 96 valence electrons. The Labute approximate surface area is 106 Å². The van der Waals surface area contributed by atoms with Crippen LogP contribution in [0, 0.1) is 5.92 Å². The molecule has 2 unspecified atom stereocenters. The maximum absolute atomic E-state index is 11.6. The predicted molar refractivity (Wildman–Crippen MR) is 67.4 cm³/mol. The van der Waals surface area contributed by atoms with Crippen LogP contribution in [0.2, 0.25) is 0 Å². The lowest BCUT2D eigenvalue weighted by Gasteiger charge is -2.06. The Morgan fingerprint density at radius 2 is 2.06 bits per heavy atom. The molecule has 1 aliphatic rings. The molecule has 0 heterocycles. The standard InChI is InChI=1S/C14H17NO3/c1-9-8-12(9)15-13(16)7-6-10-4-2-3-5-11(10)14(17)18/h2-5,9,12H,6-8H2,1H3,(H,15,16)(H,17,18). The van der Waals surface area contributed by atoms with Crippen LogP contribution in [0.5, 0.6) is 0 Å². The molecule has 18 heavy (non-hydrogen) atoms. The molecular formula is C14H17NO3. The molecule has 0 spiro atoms. The SMILES string of the molecule is CC1CC1NC(=O)CCc1ccccc1C(=O)O. The van der Waals surface area contributed by atoms with E-state index in [4.69, 9.17) is 5.11 Å². The molecule has 2 N–H and O–H groups in total. The highest BCUT2D eigenvalue weighted by molar-refractivity contribution is 5.89. The third kappa shape index (κ3) is 3.09. The third-order valence-electron chi connectivity index (χ3n) is 3.33. The molecule has 2 rings (SSSR count). The normalized spacial score (nSPS) is 21.4. The Hall–Kier alpha value is -1.84. The molecule has 1 aliphatic carbocycles. The van der Waals surface area contributed by atoms with Crippen LogP contribution in [-0.4, -0.2) is 23.0 Å². The van der Waals surface area contributed by atoms with Crippen molar-refractivity contribution < 1.29 is 14.7 Å². The highest BCUT2D eigenvalue weighted by Gasteiger charge is 2.33. The Bertz CT molecular complexity index is 470. The van der Waals surface area contributed by atoms with E-state index in [1.54, 1.807) is 24.3 Å². The molecule has 1 amide bonds. The van der Waals surface area contributed by atoms with Crippen LogP contribution in [0.25, 0.3) is 0 Å². The van der Waals surface area contributed by atoms with Gasteiger partial charge in [-0.3, -0.25) is 4.79 Å². The fourth-order valence-electron chi connectivity index (χ4n) is 2.00. The van der Waals surface area contributed by atoms with Gasteiger partial charge in [-0.15, -0.1) is 0 Å². The summed E-state index contributed by atoms with van der Waals surface area (Å²) in [6.07, 6.45) is 1.86. The summed E-state index contributed by atoms with van der Waals surface area (Å²) in [4.78, 5) is 22.6. The topological polar surface area (TPSA) is 66.4 Å². The monoisotopic (exact) mass is 247 g/mol. The Balaban J connectivity index is 1.89. The van der Waals surface area contributed by atoms with Crippen molar-refractivity contribution >= 4 is 11.9 Å². The third-order valence-corrected chi connectivity index (χ3v) is 3.33. The van der Waals surface area contributed by atoms with E-state index in [0.717, 1.165) is 6.42 Å². The lowest BCUT2D eigenvalue weighted by molar-refractivity contribution is -0.121. The van der Waals surface area contributed by atoms with Gasteiger partial charge in [-0.05, 0) is 30.4 Å². The highest BCUT2D eigenvalue weighted by atomic mass is 16.4. The highest BCUT2D eigenvalue weighted by Crippen LogP contribution is 2.29. The fourth-order valence-corrected chi connectivity index (χ4v) is 2.00. The van der Waals surface area contributed by atoms with E-state index >= 15 is 0 Å². The van der Waals surface area contributed by atoms with Crippen molar-refractivity contribution in [3.63, 3.8) is 0 Å². The van der Waals surface area contributed by atoms with Gasteiger partial charge in [0, 0.05) is 12.5 Å². The van der Waals surface area contributed by atoms with Crippen LogP contribution in [0.1, 0.15) is 35.7 Å². The lowest BCUT2D eigenvalue weighted by atomic mass is 10.0. The average molecular weight is 247 g/mol. The van der Waals surface area contributed by atoms with Crippen LogP contribution >= 0.6 is 0 Å². The molecule has 0 aliphatic heterocycles. The largest absolute Gasteiger partial charge is 0.478 e. The number of carbonyl (C=O) groups excluding carboxylic acids is 1. The maximum Gasteiger partial charge on any atom is 0.335 e. The summed E-state index contributed by atoms with van der Waals surface area (Å²) in [6, 6.07) is 7.14. The van der Waals surface area contributed by atoms with Crippen LogP contribution in [0.3, 0.4) is 0 Å². The zero-order valence-corrected chi connectivity index (χ0v) is 10.3. The summed E-state index contributed by atoms with van der Waals surface area (Å²) in [5, 5.41) is 12.0. The first-order valence-corrected chi connectivity index (χ1v) is 6.18. The van der Waals surface area contributed by atoms with Gasteiger partial charge in [0.05, 0.1) is 5.56 Å². The minimum Gasteiger partial charge on any atom is -0.478 e. The molecule has 0 aromatic heterocycles. The molecule has 4 heteroatoms. The number of aromatic carboxylic acids is 1. The zero-order valence-electron chi connectivity index (χ0n) is 10.3. The molecule has 1 aromatic carbocycles. The summed E-state index contributed by atoms with van der Waals surface area (Å²) in [6.45, 7) is 2.10. The number of rotatable bonds is 5. The smallest absolute Gasteiger partial charge is 0.335 e. The van der Waals surface area contributed by atoms with Crippen molar-refractivity contribution in [1.29, 1.82) is 0 Å². The molecular weight excluding hydrogens is 230 g/mol. The summed E-state index contributed by atoms with van der Waals surface area (Å²) in [5.74, 6) is -0.355. The second kappa shape index (κ2) is 5.21. The van der Waals surface area contributed by atoms with Crippen molar-refractivity contribution in [3.05, 3.63) is 35.4 Å². The van der Waals surface area contributed by atoms with Crippen molar-refractivity contribution in [2.24, 2.45) is 5.92 Å². The quantitative estimate of drug-likeness (QED) is 0.834. The van der Waals surface area contributed by atoms with Gasteiger partial charge in [-0.25, -0.2) is 4.79 Å². The van der Waals surface area contributed by atoms with E-state index in [9.17, 15) is 9.59 Å². The molecule has 1 aromatic rings. The number of amides is 1. The van der Waals surface area contributed by atoms with Gasteiger partial charge < -0.3 is 10.4 Å². The Morgan fingerprint density at radius 1 is 1.39 bits per heavy atom. The number of nitrogens with one attached hydrogen (secondary N) is 1. The Kier molecular flexibility index (Phi) is 3.65. The van der Waals surface area contributed by atoms with Gasteiger partial charge in [0.1, 0.15) is 0 Å². The van der Waals surface area contributed by atoms with Crippen molar-refractivity contribution in [2.45, 2.75) is 32.2 Å². The first-order valence-electron chi connectivity index (χ1n) is 6.18. The average Bonchev–Trinajstić information content (AvgIpc) is 3.02. The lowest BCUT2D eigenvalue weighted by Crippen LogP contribution is -2.26. The number of hydrogen-bond acceptors (Lipinski definition) is 2. The van der Waals surface area contributed by atoms with Crippen LogP contribution < -0.4 is 5.32 Å². The van der Waals surface area contributed by atoms with E-state index < -0.39 is 5.97 Å². The number of carboxylic acids is 1. The minimum atomic E-state index is -0.943.